The number of carbonyl (C=O) groups is 1. The average Bonchev–Trinajstić information content (AvgIpc) is 2.70. The van der Waals surface area contributed by atoms with Crippen LogP contribution in [0.2, 0.25) is 0 Å². The lowest BCUT2D eigenvalue weighted by Gasteiger charge is -2.13. The van der Waals surface area contributed by atoms with Crippen LogP contribution in [0.1, 0.15) is 136 Å². The molecule has 0 bridgehead atoms. The molecule has 0 rings (SSSR count). The summed E-state index contributed by atoms with van der Waals surface area (Å²) in [4.78, 5) is 11.7. The molecule has 0 saturated carbocycles. The minimum atomic E-state index is -0.493. The predicted molar refractivity (Wildman–Crippen MR) is 129 cm³/mol. The van der Waals surface area contributed by atoms with Crippen LogP contribution in [0, 0.1) is 0 Å². The molecule has 0 aliphatic rings. The fourth-order valence-electron chi connectivity index (χ4n) is 3.59. The zero-order chi connectivity index (χ0) is 21.4. The van der Waals surface area contributed by atoms with E-state index in [2.05, 4.69) is 22.9 Å². The van der Waals surface area contributed by atoms with E-state index in [1.54, 1.807) is 0 Å². The zero-order valence-corrected chi connectivity index (χ0v) is 21.1. The molecule has 0 aromatic carbocycles. The molecule has 0 fully saturated rings. The minimum Gasteiger partial charge on any atom is -0.434 e. The van der Waals surface area contributed by atoms with Crippen LogP contribution in [0.25, 0.3) is 0 Å². The van der Waals surface area contributed by atoms with Gasteiger partial charge in [0.25, 0.3) is 0 Å². The molecule has 0 N–H and O–H groups in total. The summed E-state index contributed by atoms with van der Waals surface area (Å²) >= 11 is 3.44. The highest BCUT2D eigenvalue weighted by Gasteiger charge is 2.10. The smallest absolute Gasteiger partial charge is 0.434 e. The van der Waals surface area contributed by atoms with E-state index in [0.717, 1.165) is 31.0 Å². The molecule has 0 aliphatic carbocycles. The molecule has 4 heteroatoms. The molecule has 3 nitrogen and oxygen atoms in total. The summed E-state index contributed by atoms with van der Waals surface area (Å²) in [6, 6.07) is 0. The Morgan fingerprint density at radius 1 is 0.690 bits per heavy atom. The molecular formula is C25H49BrO3. The number of hydrogen-bond acceptors (Lipinski definition) is 3. The zero-order valence-electron chi connectivity index (χ0n) is 19.5. The van der Waals surface area contributed by atoms with Gasteiger partial charge in [-0.15, -0.1) is 0 Å². The number of alkyl halides is 1. The fraction of sp³-hybridized carbons (Fsp3) is 0.960. The van der Waals surface area contributed by atoms with Crippen molar-refractivity contribution in [1.29, 1.82) is 0 Å². The molecule has 0 aromatic heterocycles. The number of hydrogen-bond donors (Lipinski definition) is 0. The Kier molecular flexibility index (Phi) is 23.8. The number of halogens is 1. The summed E-state index contributed by atoms with van der Waals surface area (Å²) in [6.07, 6.45) is 23.8. The average molecular weight is 478 g/mol. The van der Waals surface area contributed by atoms with E-state index in [-0.39, 0.29) is 6.10 Å². The lowest BCUT2D eigenvalue weighted by atomic mass is 10.0. The SMILES string of the molecule is CCCCCCCCCCCCCCCC(C)OC(=O)OCCCCCCCBr. The standard InChI is InChI=1S/C25H49BrO3/c1-3-4-5-6-7-8-9-10-11-12-13-15-18-21-24(2)29-25(27)28-23-20-17-14-16-19-22-26/h24H,3-23H2,1-2H3. The van der Waals surface area contributed by atoms with Crippen LogP contribution < -0.4 is 0 Å². The fourth-order valence-corrected chi connectivity index (χ4v) is 3.99. The Bertz CT molecular complexity index is 336. The lowest BCUT2D eigenvalue weighted by Crippen LogP contribution is -2.16. The summed E-state index contributed by atoms with van der Waals surface area (Å²) in [6.45, 7) is 4.74. The highest BCUT2D eigenvalue weighted by molar-refractivity contribution is 9.09. The maximum atomic E-state index is 11.7. The van der Waals surface area contributed by atoms with Crippen molar-refractivity contribution in [2.24, 2.45) is 0 Å². The molecule has 0 spiro atoms. The van der Waals surface area contributed by atoms with Crippen molar-refractivity contribution >= 4 is 22.1 Å². The normalized spacial score (nSPS) is 12.1. The van der Waals surface area contributed by atoms with Crippen molar-refractivity contribution in [3.8, 4) is 0 Å². The van der Waals surface area contributed by atoms with Crippen molar-refractivity contribution < 1.29 is 14.3 Å². The van der Waals surface area contributed by atoms with Crippen LogP contribution in [0.15, 0.2) is 0 Å². The third kappa shape index (κ3) is 23.9. The summed E-state index contributed by atoms with van der Waals surface area (Å²) in [5.74, 6) is 0. The summed E-state index contributed by atoms with van der Waals surface area (Å²) in [7, 11) is 0. The molecular weight excluding hydrogens is 428 g/mol. The number of rotatable bonds is 22. The molecule has 1 unspecified atom stereocenters. The van der Waals surface area contributed by atoms with Crippen molar-refractivity contribution in [1.82, 2.24) is 0 Å². The number of carbonyl (C=O) groups excluding carboxylic acids is 1. The predicted octanol–water partition coefficient (Wildman–Crippen LogP) is 9.35. The van der Waals surface area contributed by atoms with Crippen LogP contribution in [0.5, 0.6) is 0 Å². The maximum absolute atomic E-state index is 11.7. The first kappa shape index (κ1) is 28.8. The van der Waals surface area contributed by atoms with Gasteiger partial charge in [0.1, 0.15) is 6.10 Å². The summed E-state index contributed by atoms with van der Waals surface area (Å²) in [5, 5.41) is 1.08. The third-order valence-electron chi connectivity index (χ3n) is 5.51. The van der Waals surface area contributed by atoms with Gasteiger partial charge in [-0.05, 0) is 32.6 Å². The molecule has 0 amide bonds. The van der Waals surface area contributed by atoms with Gasteiger partial charge >= 0.3 is 6.16 Å². The quantitative estimate of drug-likeness (QED) is 0.0885. The molecule has 0 saturated heterocycles. The molecule has 0 aliphatic heterocycles. The van der Waals surface area contributed by atoms with Crippen LogP contribution in [-0.4, -0.2) is 24.2 Å². The third-order valence-corrected chi connectivity index (χ3v) is 6.07. The van der Waals surface area contributed by atoms with Crippen molar-refractivity contribution in [2.75, 3.05) is 11.9 Å². The Morgan fingerprint density at radius 2 is 1.14 bits per heavy atom. The first-order valence-electron chi connectivity index (χ1n) is 12.6. The van der Waals surface area contributed by atoms with Crippen LogP contribution in [-0.2, 0) is 9.47 Å². The molecule has 0 radical (unpaired) electrons. The van der Waals surface area contributed by atoms with Gasteiger partial charge in [-0.1, -0.05) is 119 Å². The van der Waals surface area contributed by atoms with Gasteiger partial charge in [-0.25, -0.2) is 4.79 Å². The van der Waals surface area contributed by atoms with E-state index < -0.39 is 6.16 Å². The van der Waals surface area contributed by atoms with Gasteiger partial charge in [-0.3, -0.25) is 0 Å². The lowest BCUT2D eigenvalue weighted by molar-refractivity contribution is 0.0251. The Labute approximate surface area is 190 Å². The maximum Gasteiger partial charge on any atom is 0.508 e. The van der Waals surface area contributed by atoms with Crippen molar-refractivity contribution in [3.63, 3.8) is 0 Å². The highest BCUT2D eigenvalue weighted by Crippen LogP contribution is 2.14. The van der Waals surface area contributed by atoms with E-state index in [1.807, 2.05) is 6.92 Å². The largest absolute Gasteiger partial charge is 0.508 e. The van der Waals surface area contributed by atoms with E-state index in [4.69, 9.17) is 9.47 Å². The molecule has 174 valence electrons. The van der Waals surface area contributed by atoms with E-state index in [1.165, 1.54) is 96.3 Å². The first-order chi connectivity index (χ1) is 14.2. The van der Waals surface area contributed by atoms with Crippen molar-refractivity contribution in [3.05, 3.63) is 0 Å². The Balaban J connectivity index is 3.28. The molecule has 0 aromatic rings. The van der Waals surface area contributed by atoms with Gasteiger partial charge < -0.3 is 9.47 Å². The first-order valence-corrected chi connectivity index (χ1v) is 13.7. The van der Waals surface area contributed by atoms with Gasteiger partial charge in [-0.2, -0.15) is 0 Å². The van der Waals surface area contributed by atoms with Gasteiger partial charge in [0.15, 0.2) is 0 Å². The molecule has 0 heterocycles. The minimum absolute atomic E-state index is 0.0332. The summed E-state index contributed by atoms with van der Waals surface area (Å²) < 4.78 is 10.5. The number of ether oxygens (including phenoxy) is 2. The summed E-state index contributed by atoms with van der Waals surface area (Å²) in [5.41, 5.74) is 0. The second-order valence-electron chi connectivity index (χ2n) is 8.51. The Hall–Kier alpha value is -0.250. The molecule has 1 atom stereocenters. The second kappa shape index (κ2) is 24.0. The Morgan fingerprint density at radius 3 is 1.66 bits per heavy atom. The monoisotopic (exact) mass is 476 g/mol. The van der Waals surface area contributed by atoms with Crippen LogP contribution in [0.4, 0.5) is 4.79 Å². The van der Waals surface area contributed by atoms with Crippen molar-refractivity contribution in [2.45, 2.75) is 142 Å². The molecule has 29 heavy (non-hydrogen) atoms. The van der Waals surface area contributed by atoms with Gasteiger partial charge in [0, 0.05) is 5.33 Å². The number of unbranched alkanes of at least 4 members (excludes halogenated alkanes) is 16. The van der Waals surface area contributed by atoms with E-state index in [9.17, 15) is 4.79 Å². The van der Waals surface area contributed by atoms with Crippen LogP contribution >= 0.6 is 15.9 Å². The van der Waals surface area contributed by atoms with E-state index in [0.29, 0.717) is 6.61 Å². The highest BCUT2D eigenvalue weighted by atomic mass is 79.9. The van der Waals surface area contributed by atoms with Gasteiger partial charge in [0.05, 0.1) is 6.61 Å². The topological polar surface area (TPSA) is 35.5 Å². The van der Waals surface area contributed by atoms with E-state index >= 15 is 0 Å². The van der Waals surface area contributed by atoms with Crippen LogP contribution in [0.3, 0.4) is 0 Å². The van der Waals surface area contributed by atoms with Gasteiger partial charge in [0.2, 0.25) is 0 Å². The second-order valence-corrected chi connectivity index (χ2v) is 9.31.